The second-order valence-electron chi connectivity index (χ2n) is 3.64. The molecule has 0 atom stereocenters. The van der Waals surface area contributed by atoms with Crippen LogP contribution in [-0.4, -0.2) is 10.8 Å². The van der Waals surface area contributed by atoms with Crippen LogP contribution >= 0.6 is 0 Å². The summed E-state index contributed by atoms with van der Waals surface area (Å²) in [5.41, 5.74) is 0.983. The summed E-state index contributed by atoms with van der Waals surface area (Å²) in [6.45, 7) is 1.29. The number of aromatic nitrogens is 1. The molecule has 0 unspecified atom stereocenters. The van der Waals surface area contributed by atoms with E-state index < -0.39 is 11.6 Å². The fourth-order valence-electron chi connectivity index (χ4n) is 1.55. The molecular formula is C13H9F2NO. The van der Waals surface area contributed by atoms with Gasteiger partial charge in [-0.15, -0.1) is 0 Å². The maximum Gasteiger partial charge on any atom is 0.162 e. The molecule has 1 heterocycles. The molecule has 0 aliphatic carbocycles. The summed E-state index contributed by atoms with van der Waals surface area (Å²) in [7, 11) is 0. The van der Waals surface area contributed by atoms with Crippen molar-refractivity contribution >= 4 is 5.78 Å². The Morgan fingerprint density at radius 2 is 1.88 bits per heavy atom. The summed E-state index contributed by atoms with van der Waals surface area (Å²) in [6, 6.07) is 5.41. The standard InChI is InChI=1S/C13H9F2NO/c1-8(17)12-3-2-9(5-13(12)15)10-4-11(14)7-16-6-10/h2-7H,1H3. The smallest absolute Gasteiger partial charge is 0.162 e. The molecule has 17 heavy (non-hydrogen) atoms. The maximum absolute atomic E-state index is 13.6. The molecule has 86 valence electrons. The van der Waals surface area contributed by atoms with E-state index in [1.807, 2.05) is 0 Å². The van der Waals surface area contributed by atoms with Crippen LogP contribution in [0.1, 0.15) is 17.3 Å². The Morgan fingerprint density at radius 1 is 1.12 bits per heavy atom. The lowest BCUT2D eigenvalue weighted by atomic mass is 10.0. The van der Waals surface area contributed by atoms with E-state index >= 15 is 0 Å². The van der Waals surface area contributed by atoms with Crippen molar-refractivity contribution in [2.75, 3.05) is 0 Å². The van der Waals surface area contributed by atoms with Crippen LogP contribution in [0.5, 0.6) is 0 Å². The molecule has 0 fully saturated rings. The number of carbonyl (C=O) groups is 1. The number of pyridine rings is 1. The number of ketones is 1. The Bertz CT molecular complexity index is 581. The van der Waals surface area contributed by atoms with Gasteiger partial charge in [-0.25, -0.2) is 8.78 Å². The van der Waals surface area contributed by atoms with Crippen molar-refractivity contribution < 1.29 is 13.6 Å². The number of halogens is 2. The highest BCUT2D eigenvalue weighted by atomic mass is 19.1. The van der Waals surface area contributed by atoms with Gasteiger partial charge < -0.3 is 0 Å². The topological polar surface area (TPSA) is 30.0 Å². The quantitative estimate of drug-likeness (QED) is 0.745. The van der Waals surface area contributed by atoms with E-state index in [1.54, 1.807) is 6.07 Å². The molecule has 2 nitrogen and oxygen atoms in total. The molecule has 0 saturated heterocycles. The molecule has 4 heteroatoms. The molecule has 0 N–H and O–H groups in total. The summed E-state index contributed by atoms with van der Waals surface area (Å²) in [5, 5.41) is 0. The second-order valence-corrected chi connectivity index (χ2v) is 3.64. The van der Waals surface area contributed by atoms with E-state index in [-0.39, 0.29) is 11.3 Å². The third-order valence-electron chi connectivity index (χ3n) is 2.39. The summed E-state index contributed by atoms with van der Waals surface area (Å²) < 4.78 is 26.5. The van der Waals surface area contributed by atoms with Crippen molar-refractivity contribution in [1.82, 2.24) is 4.98 Å². The van der Waals surface area contributed by atoms with Gasteiger partial charge in [0.15, 0.2) is 5.78 Å². The van der Waals surface area contributed by atoms with Gasteiger partial charge >= 0.3 is 0 Å². The molecule has 2 rings (SSSR count). The van der Waals surface area contributed by atoms with E-state index in [2.05, 4.69) is 4.98 Å². The summed E-state index contributed by atoms with van der Waals surface area (Å²) in [4.78, 5) is 14.7. The van der Waals surface area contributed by atoms with Crippen molar-refractivity contribution in [3.63, 3.8) is 0 Å². The Kier molecular flexibility index (Phi) is 2.95. The number of nitrogens with zero attached hydrogens (tertiary/aromatic N) is 1. The SMILES string of the molecule is CC(=O)c1ccc(-c2cncc(F)c2)cc1F. The first-order valence-corrected chi connectivity index (χ1v) is 4.99. The molecule has 0 amide bonds. The highest BCUT2D eigenvalue weighted by Crippen LogP contribution is 2.22. The molecular weight excluding hydrogens is 224 g/mol. The number of hydrogen-bond donors (Lipinski definition) is 0. The number of benzene rings is 1. The largest absolute Gasteiger partial charge is 0.294 e. The first-order valence-electron chi connectivity index (χ1n) is 4.99. The van der Waals surface area contributed by atoms with Crippen LogP contribution in [0.2, 0.25) is 0 Å². The van der Waals surface area contributed by atoms with Gasteiger partial charge in [-0.3, -0.25) is 9.78 Å². The van der Waals surface area contributed by atoms with Gasteiger partial charge in [0, 0.05) is 11.8 Å². The summed E-state index contributed by atoms with van der Waals surface area (Å²) >= 11 is 0. The van der Waals surface area contributed by atoms with E-state index in [9.17, 15) is 13.6 Å². The second kappa shape index (κ2) is 4.41. The Labute approximate surface area is 96.9 Å². The van der Waals surface area contributed by atoms with Crippen LogP contribution in [-0.2, 0) is 0 Å². The number of hydrogen-bond acceptors (Lipinski definition) is 2. The zero-order valence-electron chi connectivity index (χ0n) is 9.08. The van der Waals surface area contributed by atoms with E-state index in [4.69, 9.17) is 0 Å². The van der Waals surface area contributed by atoms with Crippen LogP contribution in [0, 0.1) is 11.6 Å². The minimum absolute atomic E-state index is 0.0260. The molecule has 2 aromatic rings. The molecule has 0 spiro atoms. The first kappa shape index (κ1) is 11.4. The third-order valence-corrected chi connectivity index (χ3v) is 2.39. The highest BCUT2D eigenvalue weighted by Gasteiger charge is 2.09. The fraction of sp³-hybridized carbons (Fsp3) is 0.0769. The van der Waals surface area contributed by atoms with Crippen molar-refractivity contribution in [2.45, 2.75) is 6.92 Å². The lowest BCUT2D eigenvalue weighted by Gasteiger charge is -2.04. The van der Waals surface area contributed by atoms with Crippen molar-refractivity contribution in [2.24, 2.45) is 0 Å². The first-order chi connectivity index (χ1) is 8.08. The van der Waals surface area contributed by atoms with Crippen LogP contribution in [0.15, 0.2) is 36.7 Å². The van der Waals surface area contributed by atoms with Crippen LogP contribution in [0.4, 0.5) is 8.78 Å². The van der Waals surface area contributed by atoms with E-state index in [0.29, 0.717) is 11.1 Å². The average Bonchev–Trinajstić information content (AvgIpc) is 2.28. The number of carbonyl (C=O) groups excluding carboxylic acids is 1. The average molecular weight is 233 g/mol. The number of rotatable bonds is 2. The van der Waals surface area contributed by atoms with Gasteiger partial charge in [0.05, 0.1) is 11.8 Å². The molecule has 1 aromatic carbocycles. The van der Waals surface area contributed by atoms with Gasteiger partial charge in [0.2, 0.25) is 0 Å². The molecule has 0 bridgehead atoms. The Hall–Kier alpha value is -2.10. The molecule has 0 saturated carbocycles. The monoisotopic (exact) mass is 233 g/mol. The predicted molar refractivity (Wildman–Crippen MR) is 59.6 cm³/mol. The lowest BCUT2D eigenvalue weighted by molar-refractivity contribution is 0.101. The van der Waals surface area contributed by atoms with Gasteiger partial charge in [-0.2, -0.15) is 0 Å². The molecule has 0 aliphatic heterocycles. The zero-order valence-corrected chi connectivity index (χ0v) is 9.08. The lowest BCUT2D eigenvalue weighted by Crippen LogP contribution is -1.97. The minimum Gasteiger partial charge on any atom is -0.294 e. The van der Waals surface area contributed by atoms with E-state index in [1.165, 1.54) is 31.3 Å². The maximum atomic E-state index is 13.6. The van der Waals surface area contributed by atoms with Crippen molar-refractivity contribution in [1.29, 1.82) is 0 Å². The van der Waals surface area contributed by atoms with Crippen molar-refractivity contribution in [3.05, 3.63) is 53.9 Å². The van der Waals surface area contributed by atoms with Crippen LogP contribution in [0.25, 0.3) is 11.1 Å². The fourth-order valence-corrected chi connectivity index (χ4v) is 1.55. The van der Waals surface area contributed by atoms with Crippen LogP contribution in [0.3, 0.4) is 0 Å². The minimum atomic E-state index is -0.612. The molecule has 0 radical (unpaired) electrons. The third kappa shape index (κ3) is 2.36. The normalized spacial score (nSPS) is 10.3. The van der Waals surface area contributed by atoms with Gasteiger partial charge in [0.1, 0.15) is 11.6 Å². The predicted octanol–water partition coefficient (Wildman–Crippen LogP) is 3.23. The van der Waals surface area contributed by atoms with Gasteiger partial charge in [0.25, 0.3) is 0 Å². The zero-order chi connectivity index (χ0) is 12.4. The number of Topliss-reactive ketones (excluding diaryl/α,β-unsaturated/α-hetero) is 1. The highest BCUT2D eigenvalue weighted by molar-refractivity contribution is 5.94. The molecule has 1 aromatic heterocycles. The molecule has 0 aliphatic rings. The summed E-state index contributed by atoms with van der Waals surface area (Å²) in [5.74, 6) is -1.44. The summed E-state index contributed by atoms with van der Waals surface area (Å²) in [6.07, 6.45) is 2.51. The van der Waals surface area contributed by atoms with Gasteiger partial charge in [-0.1, -0.05) is 6.07 Å². The Balaban J connectivity index is 2.48. The van der Waals surface area contributed by atoms with Gasteiger partial charge in [-0.05, 0) is 30.7 Å². The Morgan fingerprint density at radius 3 is 2.47 bits per heavy atom. The van der Waals surface area contributed by atoms with Crippen molar-refractivity contribution in [3.8, 4) is 11.1 Å². The van der Waals surface area contributed by atoms with Crippen LogP contribution < -0.4 is 0 Å². The van der Waals surface area contributed by atoms with E-state index in [0.717, 1.165) is 6.20 Å².